The summed E-state index contributed by atoms with van der Waals surface area (Å²) in [6.45, 7) is 4.20. The first kappa shape index (κ1) is 9.21. The number of aliphatic hydroxyl groups is 1. The number of rotatable bonds is 2. The number of imidazole rings is 1. The van der Waals surface area contributed by atoms with Crippen LogP contribution in [0.3, 0.4) is 0 Å². The summed E-state index contributed by atoms with van der Waals surface area (Å²) in [5.41, 5.74) is 1.76. The van der Waals surface area contributed by atoms with E-state index in [4.69, 9.17) is 5.11 Å². The van der Waals surface area contributed by atoms with Gasteiger partial charge in [0.2, 0.25) is 0 Å². The summed E-state index contributed by atoms with van der Waals surface area (Å²) in [6.07, 6.45) is 1.98. The van der Waals surface area contributed by atoms with Crippen LogP contribution in [-0.4, -0.2) is 14.5 Å². The Bertz CT molecular complexity index is 445. The molecule has 0 fully saturated rings. The third-order valence-corrected chi connectivity index (χ3v) is 2.32. The molecule has 0 saturated heterocycles. The van der Waals surface area contributed by atoms with E-state index in [1.54, 1.807) is 0 Å². The van der Waals surface area contributed by atoms with Gasteiger partial charge in [0, 0.05) is 12.1 Å². The molecule has 0 aliphatic rings. The molecular formula is C11H14N2O. The molecule has 2 aromatic heterocycles. The molecule has 1 N–H and O–H groups in total. The second-order valence-corrected chi connectivity index (χ2v) is 3.69. The Balaban J connectivity index is 2.73. The minimum Gasteiger partial charge on any atom is -0.390 e. The van der Waals surface area contributed by atoms with E-state index >= 15 is 0 Å². The van der Waals surface area contributed by atoms with Gasteiger partial charge < -0.3 is 9.51 Å². The van der Waals surface area contributed by atoms with Crippen LogP contribution < -0.4 is 0 Å². The molecule has 0 bridgehead atoms. The van der Waals surface area contributed by atoms with Crippen molar-refractivity contribution < 1.29 is 5.11 Å². The third-order valence-electron chi connectivity index (χ3n) is 2.32. The molecule has 2 heterocycles. The van der Waals surface area contributed by atoms with Gasteiger partial charge in [-0.15, -0.1) is 0 Å². The summed E-state index contributed by atoms with van der Waals surface area (Å²) < 4.78 is 2.04. The van der Waals surface area contributed by atoms with Gasteiger partial charge in [-0.2, -0.15) is 0 Å². The fourth-order valence-corrected chi connectivity index (χ4v) is 1.65. The molecule has 2 rings (SSSR count). The lowest BCUT2D eigenvalue weighted by Crippen LogP contribution is -1.95. The van der Waals surface area contributed by atoms with Crippen LogP contribution in [0, 0.1) is 0 Å². The quantitative estimate of drug-likeness (QED) is 0.786. The number of aromatic nitrogens is 2. The lowest BCUT2D eigenvalue weighted by atomic mass is 10.2. The number of fused-ring (bicyclic) bond motifs is 1. The van der Waals surface area contributed by atoms with E-state index < -0.39 is 0 Å². The van der Waals surface area contributed by atoms with E-state index in [2.05, 4.69) is 18.8 Å². The summed E-state index contributed by atoms with van der Waals surface area (Å²) in [6, 6.07) is 5.91. The highest BCUT2D eigenvalue weighted by Crippen LogP contribution is 2.18. The molecule has 0 amide bonds. The number of nitrogens with zero attached hydrogens (tertiary/aromatic N) is 2. The molecule has 2 aromatic rings. The van der Waals surface area contributed by atoms with Crippen molar-refractivity contribution in [2.24, 2.45) is 0 Å². The molecule has 0 saturated carbocycles. The van der Waals surface area contributed by atoms with Crippen molar-refractivity contribution in [3.63, 3.8) is 0 Å². The van der Waals surface area contributed by atoms with Gasteiger partial charge in [0.05, 0.1) is 17.8 Å². The van der Waals surface area contributed by atoms with Gasteiger partial charge in [-0.3, -0.25) is 0 Å². The van der Waals surface area contributed by atoms with Crippen LogP contribution >= 0.6 is 0 Å². The summed E-state index contributed by atoms with van der Waals surface area (Å²) in [7, 11) is 0. The van der Waals surface area contributed by atoms with Crippen molar-refractivity contribution in [3.8, 4) is 0 Å². The Kier molecular flexibility index (Phi) is 2.25. The number of hydrogen-bond acceptors (Lipinski definition) is 2. The lowest BCUT2D eigenvalue weighted by Gasteiger charge is -2.02. The number of pyridine rings is 1. The van der Waals surface area contributed by atoms with Crippen molar-refractivity contribution in [1.29, 1.82) is 0 Å². The first-order chi connectivity index (χ1) is 6.74. The molecule has 14 heavy (non-hydrogen) atoms. The van der Waals surface area contributed by atoms with E-state index in [1.165, 1.54) is 0 Å². The van der Waals surface area contributed by atoms with Crippen molar-refractivity contribution >= 4 is 5.52 Å². The van der Waals surface area contributed by atoms with Crippen LogP contribution in [-0.2, 0) is 6.61 Å². The average molecular weight is 190 g/mol. The Morgan fingerprint density at radius 1 is 1.43 bits per heavy atom. The molecule has 0 aliphatic heterocycles. The van der Waals surface area contributed by atoms with Crippen LogP contribution in [0.1, 0.15) is 31.3 Å². The fraction of sp³-hybridized carbons (Fsp3) is 0.364. The summed E-state index contributed by atoms with van der Waals surface area (Å²) in [5, 5.41) is 9.15. The smallest absolute Gasteiger partial charge is 0.116 e. The van der Waals surface area contributed by atoms with Gasteiger partial charge in [-0.1, -0.05) is 19.9 Å². The predicted octanol–water partition coefficient (Wildman–Crippen LogP) is 1.95. The van der Waals surface area contributed by atoms with Crippen molar-refractivity contribution in [2.75, 3.05) is 0 Å². The van der Waals surface area contributed by atoms with Crippen LogP contribution in [0.15, 0.2) is 24.4 Å². The van der Waals surface area contributed by atoms with Gasteiger partial charge in [-0.25, -0.2) is 4.98 Å². The van der Waals surface area contributed by atoms with Crippen molar-refractivity contribution in [2.45, 2.75) is 26.4 Å². The van der Waals surface area contributed by atoms with E-state index in [-0.39, 0.29) is 6.61 Å². The van der Waals surface area contributed by atoms with Crippen molar-refractivity contribution in [3.05, 3.63) is 35.9 Å². The average Bonchev–Trinajstić information content (AvgIpc) is 2.56. The minimum absolute atomic E-state index is 0.000231. The monoisotopic (exact) mass is 190 g/mol. The highest BCUT2D eigenvalue weighted by Gasteiger charge is 2.11. The zero-order valence-electron chi connectivity index (χ0n) is 8.44. The molecular weight excluding hydrogens is 176 g/mol. The van der Waals surface area contributed by atoms with Crippen LogP contribution in [0.2, 0.25) is 0 Å². The van der Waals surface area contributed by atoms with Crippen LogP contribution in [0.25, 0.3) is 5.52 Å². The van der Waals surface area contributed by atoms with Crippen LogP contribution in [0.4, 0.5) is 0 Å². The van der Waals surface area contributed by atoms with Gasteiger partial charge in [0.1, 0.15) is 5.82 Å². The normalized spacial score (nSPS) is 11.4. The van der Waals surface area contributed by atoms with Gasteiger partial charge in [0.25, 0.3) is 0 Å². The van der Waals surface area contributed by atoms with E-state index in [0.717, 1.165) is 17.0 Å². The number of aliphatic hydroxyl groups excluding tert-OH is 1. The molecule has 0 aliphatic carbocycles. The Morgan fingerprint density at radius 3 is 2.86 bits per heavy atom. The lowest BCUT2D eigenvalue weighted by molar-refractivity contribution is 0.278. The van der Waals surface area contributed by atoms with E-state index in [1.807, 2.05) is 28.8 Å². The molecule has 0 unspecified atom stereocenters. The fourth-order valence-electron chi connectivity index (χ4n) is 1.65. The Labute approximate surface area is 83.0 Å². The standard InChI is InChI=1S/C11H14N2O/c1-8(2)11-12-9(7-14)10-5-3-4-6-13(10)11/h3-6,8,14H,7H2,1-2H3. The summed E-state index contributed by atoms with van der Waals surface area (Å²) in [5.74, 6) is 1.37. The van der Waals surface area contributed by atoms with Gasteiger partial charge >= 0.3 is 0 Å². The molecule has 3 heteroatoms. The SMILES string of the molecule is CC(C)c1nc(CO)c2ccccn12. The Hall–Kier alpha value is -1.35. The van der Waals surface area contributed by atoms with E-state index in [9.17, 15) is 0 Å². The maximum atomic E-state index is 9.15. The molecule has 3 nitrogen and oxygen atoms in total. The molecule has 74 valence electrons. The second kappa shape index (κ2) is 3.42. The minimum atomic E-state index is 0.000231. The first-order valence-electron chi connectivity index (χ1n) is 4.80. The zero-order valence-corrected chi connectivity index (χ0v) is 8.44. The van der Waals surface area contributed by atoms with Crippen molar-refractivity contribution in [1.82, 2.24) is 9.38 Å². The zero-order chi connectivity index (χ0) is 10.1. The highest BCUT2D eigenvalue weighted by atomic mass is 16.3. The van der Waals surface area contributed by atoms with E-state index in [0.29, 0.717) is 5.92 Å². The molecule has 0 radical (unpaired) electrons. The second-order valence-electron chi connectivity index (χ2n) is 3.69. The first-order valence-corrected chi connectivity index (χ1v) is 4.80. The maximum absolute atomic E-state index is 9.15. The van der Waals surface area contributed by atoms with Gasteiger partial charge in [0.15, 0.2) is 0 Å². The number of hydrogen-bond donors (Lipinski definition) is 1. The Morgan fingerprint density at radius 2 is 2.21 bits per heavy atom. The maximum Gasteiger partial charge on any atom is 0.116 e. The summed E-state index contributed by atoms with van der Waals surface area (Å²) in [4.78, 5) is 4.42. The molecule has 0 spiro atoms. The topological polar surface area (TPSA) is 37.5 Å². The molecule has 0 atom stereocenters. The van der Waals surface area contributed by atoms with Crippen LogP contribution in [0.5, 0.6) is 0 Å². The largest absolute Gasteiger partial charge is 0.390 e. The predicted molar refractivity (Wildman–Crippen MR) is 55.2 cm³/mol. The highest BCUT2D eigenvalue weighted by molar-refractivity contribution is 5.53. The van der Waals surface area contributed by atoms with Gasteiger partial charge in [-0.05, 0) is 12.1 Å². The third kappa shape index (κ3) is 1.30. The molecule has 0 aromatic carbocycles. The summed E-state index contributed by atoms with van der Waals surface area (Å²) >= 11 is 0.